The molecule has 36 heavy (non-hydrogen) atoms. The Kier molecular flexibility index (Phi) is 7.79. The predicted octanol–water partition coefficient (Wildman–Crippen LogP) is 5.06. The van der Waals surface area contributed by atoms with Gasteiger partial charge >= 0.3 is 6.18 Å². The van der Waals surface area contributed by atoms with Crippen LogP contribution in [0, 0.1) is 6.92 Å². The molecule has 3 aromatic rings. The zero-order valence-electron chi connectivity index (χ0n) is 19.5. The van der Waals surface area contributed by atoms with E-state index in [9.17, 15) is 26.4 Å². The second-order valence-electron chi connectivity index (χ2n) is 8.10. The van der Waals surface area contributed by atoms with Crippen molar-refractivity contribution >= 4 is 33.2 Å². The van der Waals surface area contributed by atoms with Crippen LogP contribution in [0.15, 0.2) is 55.3 Å². The van der Waals surface area contributed by atoms with E-state index in [-0.39, 0.29) is 28.1 Å². The van der Waals surface area contributed by atoms with Crippen molar-refractivity contribution in [2.45, 2.75) is 38.2 Å². The molecule has 1 unspecified atom stereocenters. The SMILES string of the molecule is C=CC(c1cc(C(F)(F)F)nn1-c1ncccc1Cl)S(=O)(=O)Nc1c(C)cccc1C(=O)NC(C)C. The van der Waals surface area contributed by atoms with E-state index >= 15 is 0 Å². The minimum absolute atomic E-state index is 0.0134. The van der Waals surface area contributed by atoms with E-state index in [0.29, 0.717) is 11.6 Å². The Morgan fingerprint density at radius 1 is 1.22 bits per heavy atom. The number of para-hydroxylation sites is 1. The van der Waals surface area contributed by atoms with Gasteiger partial charge in [-0.25, -0.2) is 18.1 Å². The first-order valence-corrected chi connectivity index (χ1v) is 12.5. The maximum Gasteiger partial charge on any atom is 0.435 e. The summed E-state index contributed by atoms with van der Waals surface area (Å²) in [6.45, 7) is 8.60. The lowest BCUT2D eigenvalue weighted by molar-refractivity contribution is -0.141. The molecule has 0 aliphatic carbocycles. The zero-order chi connectivity index (χ0) is 26.8. The van der Waals surface area contributed by atoms with Crippen LogP contribution in [0.2, 0.25) is 5.02 Å². The number of nitrogens with zero attached hydrogens (tertiary/aromatic N) is 3. The number of nitrogens with one attached hydrogen (secondary N) is 2. The highest BCUT2D eigenvalue weighted by atomic mass is 35.5. The maximum absolute atomic E-state index is 13.5. The van der Waals surface area contributed by atoms with Gasteiger partial charge in [-0.05, 0) is 50.6 Å². The average Bonchev–Trinajstić information content (AvgIpc) is 3.20. The van der Waals surface area contributed by atoms with Gasteiger partial charge in [-0.3, -0.25) is 9.52 Å². The van der Waals surface area contributed by atoms with Crippen LogP contribution in [0.4, 0.5) is 18.9 Å². The molecule has 0 aliphatic rings. The summed E-state index contributed by atoms with van der Waals surface area (Å²) in [4.78, 5) is 16.7. The topological polar surface area (TPSA) is 106 Å². The summed E-state index contributed by atoms with van der Waals surface area (Å²) in [5.41, 5.74) is -1.27. The van der Waals surface area contributed by atoms with Gasteiger partial charge in [-0.15, -0.1) is 6.58 Å². The number of carbonyl (C=O) groups excluding carboxylic acids is 1. The first kappa shape index (κ1) is 27.2. The number of aryl methyl sites for hydroxylation is 1. The first-order chi connectivity index (χ1) is 16.8. The van der Waals surface area contributed by atoms with Crippen LogP contribution >= 0.6 is 11.6 Å². The summed E-state index contributed by atoms with van der Waals surface area (Å²) in [6.07, 6.45) is -2.64. The molecule has 8 nitrogen and oxygen atoms in total. The third-order valence-electron chi connectivity index (χ3n) is 4.99. The summed E-state index contributed by atoms with van der Waals surface area (Å²) < 4.78 is 70.8. The van der Waals surface area contributed by atoms with Crippen molar-refractivity contribution in [2.75, 3.05) is 4.72 Å². The van der Waals surface area contributed by atoms with Crippen molar-refractivity contribution in [3.63, 3.8) is 0 Å². The van der Waals surface area contributed by atoms with E-state index in [1.54, 1.807) is 32.9 Å². The lowest BCUT2D eigenvalue weighted by Gasteiger charge is -2.20. The second kappa shape index (κ2) is 10.3. The number of anilines is 1. The Morgan fingerprint density at radius 3 is 2.50 bits per heavy atom. The van der Waals surface area contributed by atoms with E-state index in [0.717, 1.165) is 10.8 Å². The molecule has 1 amide bonds. The maximum atomic E-state index is 13.5. The van der Waals surface area contributed by atoms with Crippen LogP contribution in [0.1, 0.15) is 46.4 Å². The normalized spacial score (nSPS) is 12.9. The number of rotatable bonds is 8. The Balaban J connectivity index is 2.15. The zero-order valence-corrected chi connectivity index (χ0v) is 21.0. The number of alkyl halides is 3. The molecule has 0 spiro atoms. The van der Waals surface area contributed by atoms with Crippen molar-refractivity contribution in [1.29, 1.82) is 0 Å². The van der Waals surface area contributed by atoms with E-state index in [1.165, 1.54) is 24.4 Å². The van der Waals surface area contributed by atoms with Crippen LogP contribution in [-0.4, -0.2) is 35.1 Å². The number of sulfonamides is 1. The quantitative estimate of drug-likeness (QED) is 0.388. The Hall–Kier alpha value is -3.38. The second-order valence-corrected chi connectivity index (χ2v) is 10.3. The number of benzene rings is 1. The fraction of sp³-hybridized carbons (Fsp3) is 0.261. The largest absolute Gasteiger partial charge is 0.435 e. The van der Waals surface area contributed by atoms with Crippen LogP contribution in [-0.2, 0) is 16.2 Å². The molecule has 1 aromatic carbocycles. The number of hydrogen-bond acceptors (Lipinski definition) is 5. The Morgan fingerprint density at radius 2 is 1.92 bits per heavy atom. The molecular weight excluding hydrogens is 519 g/mol. The van der Waals surface area contributed by atoms with Crippen LogP contribution in [0.25, 0.3) is 5.82 Å². The number of amides is 1. The molecule has 0 bridgehead atoms. The Bertz CT molecular complexity index is 1400. The molecule has 0 saturated carbocycles. The van der Waals surface area contributed by atoms with Gasteiger partial charge in [0.05, 0.1) is 22.0 Å². The third-order valence-corrected chi connectivity index (χ3v) is 6.87. The van der Waals surface area contributed by atoms with E-state index < -0.39 is 38.7 Å². The number of pyridine rings is 1. The predicted molar refractivity (Wildman–Crippen MR) is 131 cm³/mol. The van der Waals surface area contributed by atoms with Crippen LogP contribution in [0.5, 0.6) is 0 Å². The average molecular weight is 542 g/mol. The van der Waals surface area contributed by atoms with Crippen molar-refractivity contribution in [3.8, 4) is 5.82 Å². The van der Waals surface area contributed by atoms with Gasteiger partial charge in [-0.2, -0.15) is 18.3 Å². The van der Waals surface area contributed by atoms with Crippen molar-refractivity contribution in [2.24, 2.45) is 0 Å². The summed E-state index contributed by atoms with van der Waals surface area (Å²) in [6, 6.07) is 7.83. The fourth-order valence-corrected chi connectivity index (χ4v) is 5.01. The fourth-order valence-electron chi connectivity index (χ4n) is 3.38. The van der Waals surface area contributed by atoms with E-state index in [1.807, 2.05) is 0 Å². The molecule has 1 atom stereocenters. The molecule has 3 rings (SSSR count). The van der Waals surface area contributed by atoms with E-state index in [4.69, 9.17) is 11.6 Å². The highest BCUT2D eigenvalue weighted by Gasteiger charge is 2.39. The summed E-state index contributed by atoms with van der Waals surface area (Å²) in [5, 5.41) is 4.46. The smallest absolute Gasteiger partial charge is 0.350 e. The van der Waals surface area contributed by atoms with Crippen molar-refractivity contribution < 1.29 is 26.4 Å². The molecule has 2 aromatic heterocycles. The molecule has 2 heterocycles. The van der Waals surface area contributed by atoms with Gasteiger partial charge in [0.15, 0.2) is 11.5 Å². The molecule has 0 radical (unpaired) electrons. The highest BCUT2D eigenvalue weighted by molar-refractivity contribution is 7.93. The Labute approximate surface area is 211 Å². The van der Waals surface area contributed by atoms with E-state index in [2.05, 4.69) is 26.7 Å². The monoisotopic (exact) mass is 541 g/mol. The van der Waals surface area contributed by atoms with Gasteiger partial charge in [0.1, 0.15) is 5.25 Å². The van der Waals surface area contributed by atoms with Crippen molar-refractivity contribution in [3.05, 3.63) is 82.8 Å². The van der Waals surface area contributed by atoms with Crippen LogP contribution < -0.4 is 10.0 Å². The van der Waals surface area contributed by atoms with Crippen molar-refractivity contribution in [1.82, 2.24) is 20.1 Å². The first-order valence-electron chi connectivity index (χ1n) is 10.6. The number of aromatic nitrogens is 3. The summed E-state index contributed by atoms with van der Waals surface area (Å²) in [5.74, 6) is -0.717. The minimum atomic E-state index is -4.87. The highest BCUT2D eigenvalue weighted by Crippen LogP contribution is 2.36. The molecule has 2 N–H and O–H groups in total. The van der Waals surface area contributed by atoms with Gasteiger partial charge in [-0.1, -0.05) is 29.8 Å². The lowest BCUT2D eigenvalue weighted by Crippen LogP contribution is -2.31. The number of carbonyl (C=O) groups is 1. The van der Waals surface area contributed by atoms with Gasteiger partial charge in [0, 0.05) is 12.2 Å². The number of halogens is 4. The standard InChI is InChI=1S/C23H23ClF3N5O3S/c1-5-18(17-12-19(23(25,26)27)30-32(17)21-16(24)10-7-11-28-21)36(34,35)31-20-14(4)8-6-9-15(20)22(33)29-13(2)3/h5-13,18,31H,1H2,2-4H3,(H,29,33). The molecule has 0 aliphatic heterocycles. The molecule has 0 saturated heterocycles. The summed E-state index contributed by atoms with van der Waals surface area (Å²) in [7, 11) is -4.51. The van der Waals surface area contributed by atoms with Gasteiger partial charge in [0.25, 0.3) is 5.91 Å². The number of hydrogen-bond donors (Lipinski definition) is 2. The molecule has 0 fully saturated rings. The minimum Gasteiger partial charge on any atom is -0.350 e. The lowest BCUT2D eigenvalue weighted by atomic mass is 10.1. The third kappa shape index (κ3) is 5.71. The van der Waals surface area contributed by atoms with Gasteiger partial charge in [0.2, 0.25) is 10.0 Å². The van der Waals surface area contributed by atoms with Crippen LogP contribution in [0.3, 0.4) is 0 Å². The summed E-state index contributed by atoms with van der Waals surface area (Å²) >= 11 is 6.12. The van der Waals surface area contributed by atoms with Gasteiger partial charge < -0.3 is 5.32 Å². The molecule has 13 heteroatoms. The molecular formula is C23H23ClF3N5O3S. The molecule has 192 valence electrons.